The van der Waals surface area contributed by atoms with Gasteiger partial charge in [0, 0.05) is 19.2 Å². The van der Waals surface area contributed by atoms with Crippen LogP contribution in [0.4, 0.5) is 26.3 Å². The Bertz CT molecular complexity index is 579. The molecule has 0 spiro atoms. The predicted octanol–water partition coefficient (Wildman–Crippen LogP) is 4.36. The van der Waals surface area contributed by atoms with Gasteiger partial charge in [0.2, 0.25) is 5.91 Å². The van der Waals surface area contributed by atoms with Crippen molar-refractivity contribution < 1.29 is 31.1 Å². The van der Waals surface area contributed by atoms with E-state index in [-0.39, 0.29) is 11.6 Å². The van der Waals surface area contributed by atoms with Crippen molar-refractivity contribution in [3.63, 3.8) is 0 Å². The zero-order valence-corrected chi connectivity index (χ0v) is 11.8. The molecule has 1 aliphatic rings. The number of amides is 1. The number of likely N-dealkylation sites (tertiary alicyclic amines) is 1. The monoisotopic (exact) mass is 337 g/mol. The first-order chi connectivity index (χ1) is 10.6. The van der Waals surface area contributed by atoms with Gasteiger partial charge in [0.15, 0.2) is 0 Å². The maximum atomic E-state index is 12.7. The van der Waals surface area contributed by atoms with Crippen LogP contribution in [0, 0.1) is 0 Å². The standard InChI is InChI=1S/C15H13F6NO/c16-14(17,18)11-7-10(8-12(9-11)15(19,20)21)3-4-13(23)22-5-1-2-6-22/h3-4,7-9H,1-2,5-6H2/b4-3+. The molecule has 1 fully saturated rings. The molecule has 1 heterocycles. The molecule has 0 radical (unpaired) electrons. The third kappa shape index (κ3) is 4.49. The lowest BCUT2D eigenvalue weighted by Crippen LogP contribution is -2.25. The van der Waals surface area contributed by atoms with Crippen molar-refractivity contribution in [3.8, 4) is 0 Å². The molecule has 0 atom stereocenters. The molecule has 1 aromatic carbocycles. The number of benzene rings is 1. The Hall–Kier alpha value is -1.99. The maximum absolute atomic E-state index is 12.7. The summed E-state index contributed by atoms with van der Waals surface area (Å²) in [6.45, 7) is 1.08. The minimum absolute atomic E-state index is 0.0552. The van der Waals surface area contributed by atoms with Gasteiger partial charge in [0.05, 0.1) is 11.1 Å². The molecule has 1 saturated heterocycles. The van der Waals surface area contributed by atoms with Crippen LogP contribution in [0.3, 0.4) is 0 Å². The Morgan fingerprint density at radius 1 is 0.913 bits per heavy atom. The molecule has 0 unspecified atom stereocenters. The van der Waals surface area contributed by atoms with E-state index in [0.717, 1.165) is 25.0 Å². The van der Waals surface area contributed by atoms with Crippen molar-refractivity contribution in [3.05, 3.63) is 41.0 Å². The van der Waals surface area contributed by atoms with Crippen molar-refractivity contribution >= 4 is 12.0 Å². The lowest BCUT2D eigenvalue weighted by molar-refractivity contribution is -0.143. The Kier molecular flexibility index (Phi) is 4.72. The number of carbonyl (C=O) groups is 1. The minimum Gasteiger partial charge on any atom is -0.339 e. The molecule has 23 heavy (non-hydrogen) atoms. The molecule has 0 N–H and O–H groups in total. The van der Waals surface area contributed by atoms with E-state index in [0.29, 0.717) is 25.2 Å². The number of halogens is 6. The fourth-order valence-electron chi connectivity index (χ4n) is 2.29. The lowest BCUT2D eigenvalue weighted by atomic mass is 10.0. The van der Waals surface area contributed by atoms with E-state index in [1.54, 1.807) is 0 Å². The molecule has 1 aliphatic heterocycles. The van der Waals surface area contributed by atoms with E-state index < -0.39 is 29.4 Å². The molecular weight excluding hydrogens is 324 g/mol. The first-order valence-corrected chi connectivity index (χ1v) is 6.84. The smallest absolute Gasteiger partial charge is 0.339 e. The normalized spacial score (nSPS) is 16.3. The van der Waals surface area contributed by atoms with Gasteiger partial charge < -0.3 is 4.90 Å². The van der Waals surface area contributed by atoms with Crippen molar-refractivity contribution in [2.45, 2.75) is 25.2 Å². The van der Waals surface area contributed by atoms with E-state index in [2.05, 4.69) is 0 Å². The Balaban J connectivity index is 2.31. The minimum atomic E-state index is -4.90. The molecule has 2 rings (SSSR count). The number of nitrogens with zero attached hydrogens (tertiary/aromatic N) is 1. The first-order valence-electron chi connectivity index (χ1n) is 6.84. The third-order valence-electron chi connectivity index (χ3n) is 3.45. The molecule has 126 valence electrons. The zero-order chi connectivity index (χ0) is 17.3. The molecule has 1 aromatic rings. The summed E-state index contributed by atoms with van der Waals surface area (Å²) in [4.78, 5) is 13.3. The van der Waals surface area contributed by atoms with Gasteiger partial charge in [-0.15, -0.1) is 0 Å². The first kappa shape index (κ1) is 17.4. The van der Waals surface area contributed by atoms with Crippen molar-refractivity contribution in [2.24, 2.45) is 0 Å². The average Bonchev–Trinajstić information content (AvgIpc) is 2.96. The highest BCUT2D eigenvalue weighted by Crippen LogP contribution is 2.36. The van der Waals surface area contributed by atoms with E-state index in [1.807, 2.05) is 0 Å². The van der Waals surface area contributed by atoms with Gasteiger partial charge in [-0.05, 0) is 42.7 Å². The Labute approximate surface area is 128 Å². The second-order valence-electron chi connectivity index (χ2n) is 5.20. The van der Waals surface area contributed by atoms with Crippen LogP contribution in [0.25, 0.3) is 6.08 Å². The summed E-state index contributed by atoms with van der Waals surface area (Å²) < 4.78 is 76.3. The van der Waals surface area contributed by atoms with Crippen LogP contribution in [0.2, 0.25) is 0 Å². The van der Waals surface area contributed by atoms with Crippen LogP contribution in [0.5, 0.6) is 0 Å². The molecule has 1 amide bonds. The molecular formula is C15H13F6NO. The molecule has 2 nitrogen and oxygen atoms in total. The third-order valence-corrected chi connectivity index (χ3v) is 3.45. The van der Waals surface area contributed by atoms with Crippen LogP contribution in [0.15, 0.2) is 24.3 Å². The number of hydrogen-bond acceptors (Lipinski definition) is 1. The van der Waals surface area contributed by atoms with Crippen molar-refractivity contribution in [2.75, 3.05) is 13.1 Å². The number of rotatable bonds is 2. The van der Waals surface area contributed by atoms with Gasteiger partial charge in [-0.1, -0.05) is 0 Å². The summed E-state index contributed by atoms with van der Waals surface area (Å²) in [6.07, 6.45) is -6.15. The highest BCUT2D eigenvalue weighted by Gasteiger charge is 2.36. The number of alkyl halides is 6. The van der Waals surface area contributed by atoms with E-state index >= 15 is 0 Å². The van der Waals surface area contributed by atoms with Crippen LogP contribution in [0.1, 0.15) is 29.5 Å². The van der Waals surface area contributed by atoms with Gasteiger partial charge in [-0.3, -0.25) is 4.79 Å². The average molecular weight is 337 g/mol. The number of hydrogen-bond donors (Lipinski definition) is 0. The second-order valence-corrected chi connectivity index (χ2v) is 5.20. The van der Waals surface area contributed by atoms with Gasteiger partial charge in [0.1, 0.15) is 0 Å². The largest absolute Gasteiger partial charge is 0.416 e. The van der Waals surface area contributed by atoms with E-state index in [1.165, 1.54) is 4.90 Å². The lowest BCUT2D eigenvalue weighted by Gasteiger charge is -2.14. The molecule has 0 aromatic heterocycles. The highest BCUT2D eigenvalue weighted by molar-refractivity contribution is 5.92. The summed E-state index contributed by atoms with van der Waals surface area (Å²) in [5, 5.41) is 0. The van der Waals surface area contributed by atoms with Crippen LogP contribution >= 0.6 is 0 Å². The summed E-state index contributed by atoms with van der Waals surface area (Å²) in [5.41, 5.74) is -3.12. The zero-order valence-electron chi connectivity index (χ0n) is 11.8. The SMILES string of the molecule is O=C(/C=C/c1cc(C(F)(F)F)cc(C(F)(F)F)c1)N1CCCC1. The fourth-order valence-corrected chi connectivity index (χ4v) is 2.29. The quantitative estimate of drug-likeness (QED) is 0.580. The highest BCUT2D eigenvalue weighted by atomic mass is 19.4. The summed E-state index contributed by atoms with van der Waals surface area (Å²) in [6, 6.07) is 1.23. The molecule has 0 aliphatic carbocycles. The Morgan fingerprint density at radius 2 is 1.39 bits per heavy atom. The predicted molar refractivity (Wildman–Crippen MR) is 71.3 cm³/mol. The van der Waals surface area contributed by atoms with Crippen LogP contribution in [-0.4, -0.2) is 23.9 Å². The van der Waals surface area contributed by atoms with Gasteiger partial charge in [0.25, 0.3) is 0 Å². The topological polar surface area (TPSA) is 20.3 Å². The summed E-state index contributed by atoms with van der Waals surface area (Å²) in [7, 11) is 0. The van der Waals surface area contributed by atoms with Gasteiger partial charge >= 0.3 is 12.4 Å². The van der Waals surface area contributed by atoms with Crippen LogP contribution < -0.4 is 0 Å². The van der Waals surface area contributed by atoms with Gasteiger partial charge in [-0.2, -0.15) is 26.3 Å². The second kappa shape index (κ2) is 6.25. The Morgan fingerprint density at radius 3 is 1.83 bits per heavy atom. The van der Waals surface area contributed by atoms with Crippen LogP contribution in [-0.2, 0) is 17.1 Å². The van der Waals surface area contributed by atoms with E-state index in [9.17, 15) is 31.1 Å². The molecule has 0 saturated carbocycles. The van der Waals surface area contributed by atoms with E-state index in [4.69, 9.17) is 0 Å². The maximum Gasteiger partial charge on any atom is 0.416 e. The summed E-state index contributed by atoms with van der Waals surface area (Å²) >= 11 is 0. The number of carbonyl (C=O) groups excluding carboxylic acids is 1. The fraction of sp³-hybridized carbons (Fsp3) is 0.400. The summed E-state index contributed by atoms with van der Waals surface area (Å²) in [5.74, 6) is -0.423. The van der Waals surface area contributed by atoms with Gasteiger partial charge in [-0.25, -0.2) is 0 Å². The molecule has 8 heteroatoms. The van der Waals surface area contributed by atoms with Crippen molar-refractivity contribution in [1.29, 1.82) is 0 Å². The van der Waals surface area contributed by atoms with Crippen molar-refractivity contribution in [1.82, 2.24) is 4.90 Å². The molecule has 0 bridgehead atoms.